The first-order valence-electron chi connectivity index (χ1n) is 7.16. The molecule has 126 valence electrons. The highest BCUT2D eigenvalue weighted by atomic mass is 32.1. The molecule has 0 radical (unpaired) electrons. The third kappa shape index (κ3) is 2.96. The predicted molar refractivity (Wildman–Crippen MR) is 88.4 cm³/mol. The van der Waals surface area contributed by atoms with Crippen molar-refractivity contribution >= 4 is 22.4 Å². The van der Waals surface area contributed by atoms with E-state index in [1.54, 1.807) is 23.6 Å². The highest BCUT2D eigenvalue weighted by Gasteiger charge is 2.30. The number of hydrogen-bond donors (Lipinski definition) is 1. The number of halogens is 3. The van der Waals surface area contributed by atoms with Gasteiger partial charge in [-0.15, -0.1) is 11.3 Å². The molecular weight excluding hydrogens is 353 g/mol. The number of nitrogens with one attached hydrogen (secondary N) is 1. The minimum Gasteiger partial charge on any atom is -0.408 e. The lowest BCUT2D eigenvalue weighted by atomic mass is 10.1. The van der Waals surface area contributed by atoms with Gasteiger partial charge >= 0.3 is 11.9 Å². The van der Waals surface area contributed by atoms with Gasteiger partial charge in [0, 0.05) is 16.5 Å². The molecule has 2 aromatic heterocycles. The topological polar surface area (TPSA) is 58.9 Å². The molecule has 0 fully saturated rings. The van der Waals surface area contributed by atoms with Gasteiger partial charge in [0.25, 0.3) is 0 Å². The van der Waals surface area contributed by atoms with Crippen LogP contribution in [-0.4, -0.2) is 9.97 Å². The van der Waals surface area contributed by atoms with Crippen LogP contribution in [0.2, 0.25) is 0 Å². The van der Waals surface area contributed by atoms with Crippen molar-refractivity contribution in [3.8, 4) is 21.8 Å². The SMILES string of the molecule is O=c1[nH]c2ccc(-c3csc(-c4ccc(C(F)(F)F)cc4)n3)cc2o1. The van der Waals surface area contributed by atoms with Crippen LogP contribution in [0.25, 0.3) is 32.9 Å². The molecule has 25 heavy (non-hydrogen) atoms. The number of fused-ring (bicyclic) bond motifs is 1. The van der Waals surface area contributed by atoms with E-state index in [1.807, 2.05) is 0 Å². The monoisotopic (exact) mass is 362 g/mol. The van der Waals surface area contributed by atoms with Crippen molar-refractivity contribution in [3.63, 3.8) is 0 Å². The minimum absolute atomic E-state index is 0.423. The summed E-state index contributed by atoms with van der Waals surface area (Å²) in [6.07, 6.45) is -4.36. The van der Waals surface area contributed by atoms with E-state index in [-0.39, 0.29) is 0 Å². The van der Waals surface area contributed by atoms with E-state index in [0.29, 0.717) is 27.4 Å². The summed E-state index contributed by atoms with van der Waals surface area (Å²) in [5.74, 6) is -0.532. The zero-order chi connectivity index (χ0) is 17.6. The van der Waals surface area contributed by atoms with Crippen molar-refractivity contribution in [2.45, 2.75) is 6.18 Å². The Morgan fingerprint density at radius 3 is 2.48 bits per heavy atom. The highest BCUT2D eigenvalue weighted by Crippen LogP contribution is 2.33. The summed E-state index contributed by atoms with van der Waals surface area (Å²) in [6, 6.07) is 10.1. The standard InChI is InChI=1S/C17H9F3N2O2S/c18-17(19,20)11-4-1-9(2-5-11)15-21-13(8-25-15)10-3-6-12-14(7-10)24-16(23)22-12/h1-8H,(H,22,23). The molecule has 2 heterocycles. The van der Waals surface area contributed by atoms with Gasteiger partial charge in [-0.2, -0.15) is 13.2 Å². The Kier molecular flexibility index (Phi) is 3.50. The molecule has 2 aromatic carbocycles. The second-order valence-corrected chi connectivity index (χ2v) is 6.20. The fourth-order valence-corrected chi connectivity index (χ4v) is 3.28. The zero-order valence-corrected chi connectivity index (χ0v) is 13.2. The molecule has 1 N–H and O–H groups in total. The summed E-state index contributed by atoms with van der Waals surface area (Å²) in [4.78, 5) is 18.2. The third-order valence-corrected chi connectivity index (χ3v) is 4.57. The Morgan fingerprint density at radius 2 is 1.76 bits per heavy atom. The lowest BCUT2D eigenvalue weighted by Crippen LogP contribution is -2.03. The van der Waals surface area contributed by atoms with E-state index >= 15 is 0 Å². The van der Waals surface area contributed by atoms with E-state index in [2.05, 4.69) is 9.97 Å². The molecule has 0 saturated heterocycles. The Labute approximate surface area is 142 Å². The largest absolute Gasteiger partial charge is 0.417 e. The molecule has 0 amide bonds. The Bertz CT molecular complexity index is 1110. The number of nitrogens with zero attached hydrogens (tertiary/aromatic N) is 1. The minimum atomic E-state index is -4.36. The average molecular weight is 362 g/mol. The smallest absolute Gasteiger partial charge is 0.408 e. The van der Waals surface area contributed by atoms with Gasteiger partial charge < -0.3 is 4.42 Å². The van der Waals surface area contributed by atoms with Crippen molar-refractivity contribution in [2.24, 2.45) is 0 Å². The van der Waals surface area contributed by atoms with Crippen LogP contribution in [0.4, 0.5) is 13.2 Å². The number of benzene rings is 2. The molecule has 0 spiro atoms. The third-order valence-electron chi connectivity index (χ3n) is 3.68. The van der Waals surface area contributed by atoms with Gasteiger partial charge in [-0.3, -0.25) is 4.98 Å². The summed E-state index contributed by atoms with van der Waals surface area (Å²) in [6.45, 7) is 0. The van der Waals surface area contributed by atoms with Crippen molar-refractivity contribution in [3.05, 3.63) is 64.0 Å². The maximum absolute atomic E-state index is 12.6. The Balaban J connectivity index is 1.68. The summed E-state index contributed by atoms with van der Waals surface area (Å²) in [5, 5.41) is 2.41. The van der Waals surface area contributed by atoms with E-state index in [9.17, 15) is 18.0 Å². The lowest BCUT2D eigenvalue weighted by Gasteiger charge is -2.06. The van der Waals surface area contributed by atoms with Gasteiger partial charge in [0.2, 0.25) is 0 Å². The van der Waals surface area contributed by atoms with E-state index in [4.69, 9.17) is 4.42 Å². The molecule has 4 nitrogen and oxygen atoms in total. The number of thiazole rings is 1. The molecule has 0 unspecified atom stereocenters. The number of H-pyrrole nitrogens is 1. The van der Waals surface area contributed by atoms with E-state index in [0.717, 1.165) is 17.7 Å². The van der Waals surface area contributed by atoms with Crippen molar-refractivity contribution in [1.29, 1.82) is 0 Å². The second-order valence-electron chi connectivity index (χ2n) is 5.34. The first-order chi connectivity index (χ1) is 11.9. The number of hydrogen-bond acceptors (Lipinski definition) is 4. The molecule has 0 aliphatic rings. The van der Waals surface area contributed by atoms with Crippen LogP contribution in [-0.2, 0) is 6.18 Å². The molecule has 0 atom stereocenters. The summed E-state index contributed by atoms with van der Waals surface area (Å²) >= 11 is 1.33. The molecule has 0 aliphatic carbocycles. The molecule has 4 aromatic rings. The predicted octanol–water partition coefficient (Wildman–Crippen LogP) is 4.93. The van der Waals surface area contributed by atoms with Gasteiger partial charge in [0.15, 0.2) is 5.58 Å². The van der Waals surface area contributed by atoms with Crippen LogP contribution in [0.3, 0.4) is 0 Å². The summed E-state index contributed by atoms with van der Waals surface area (Å²) < 4.78 is 42.9. The highest BCUT2D eigenvalue weighted by molar-refractivity contribution is 7.13. The lowest BCUT2D eigenvalue weighted by molar-refractivity contribution is -0.137. The van der Waals surface area contributed by atoms with Gasteiger partial charge in [-0.25, -0.2) is 9.78 Å². The van der Waals surface area contributed by atoms with E-state index < -0.39 is 17.5 Å². The summed E-state index contributed by atoms with van der Waals surface area (Å²) in [7, 11) is 0. The average Bonchev–Trinajstić information content (AvgIpc) is 3.19. The van der Waals surface area contributed by atoms with Crippen LogP contribution < -0.4 is 5.76 Å². The quantitative estimate of drug-likeness (QED) is 0.550. The zero-order valence-electron chi connectivity index (χ0n) is 12.4. The van der Waals surface area contributed by atoms with Crippen LogP contribution in [0.5, 0.6) is 0 Å². The maximum atomic E-state index is 12.6. The first kappa shape index (κ1) is 15.6. The van der Waals surface area contributed by atoms with Gasteiger partial charge in [0.05, 0.1) is 16.8 Å². The van der Waals surface area contributed by atoms with Crippen LogP contribution in [0.1, 0.15) is 5.56 Å². The number of rotatable bonds is 2. The van der Waals surface area contributed by atoms with Crippen LogP contribution in [0, 0.1) is 0 Å². The molecule has 0 bridgehead atoms. The van der Waals surface area contributed by atoms with E-state index in [1.165, 1.54) is 23.5 Å². The van der Waals surface area contributed by atoms with Crippen molar-refractivity contribution in [1.82, 2.24) is 9.97 Å². The number of aromatic amines is 1. The normalized spacial score (nSPS) is 12.0. The number of alkyl halides is 3. The Hall–Kier alpha value is -2.87. The molecule has 0 saturated carbocycles. The van der Waals surface area contributed by atoms with Crippen LogP contribution >= 0.6 is 11.3 Å². The van der Waals surface area contributed by atoms with Crippen molar-refractivity contribution < 1.29 is 17.6 Å². The second kappa shape index (κ2) is 5.59. The fourth-order valence-electron chi connectivity index (χ4n) is 2.45. The van der Waals surface area contributed by atoms with Gasteiger partial charge in [-0.05, 0) is 24.3 Å². The summed E-state index contributed by atoms with van der Waals surface area (Å²) in [5.41, 5.74) is 2.34. The number of aromatic nitrogens is 2. The molecule has 0 aliphatic heterocycles. The van der Waals surface area contributed by atoms with Crippen molar-refractivity contribution in [2.75, 3.05) is 0 Å². The fraction of sp³-hybridized carbons (Fsp3) is 0.0588. The van der Waals surface area contributed by atoms with Crippen LogP contribution in [0.15, 0.2) is 57.1 Å². The first-order valence-corrected chi connectivity index (χ1v) is 8.04. The molecule has 4 rings (SSSR count). The maximum Gasteiger partial charge on any atom is 0.417 e. The molecular formula is C17H9F3N2O2S. The van der Waals surface area contributed by atoms with Gasteiger partial charge in [0.1, 0.15) is 5.01 Å². The Morgan fingerprint density at radius 1 is 1.04 bits per heavy atom. The van der Waals surface area contributed by atoms with Gasteiger partial charge in [-0.1, -0.05) is 18.2 Å². The number of oxazole rings is 1. The molecule has 8 heteroatoms.